The number of piperidine rings is 4. The van der Waals surface area contributed by atoms with E-state index in [0.717, 1.165) is 217 Å². The normalized spacial score (nSPS) is 17.4. The molecule has 12 heterocycles. The number of alkyl halides is 12. The van der Waals surface area contributed by atoms with Gasteiger partial charge < -0.3 is 79.9 Å². The molecule has 12 aromatic rings. The van der Waals surface area contributed by atoms with Crippen LogP contribution < -0.4 is 79.9 Å². The lowest BCUT2D eigenvalue weighted by Crippen LogP contribution is -2.47. The van der Waals surface area contributed by atoms with Gasteiger partial charge in [0.2, 0.25) is 5.88 Å². The molecule has 22 nitrogen and oxygen atoms in total. The molecule has 8 aliphatic heterocycles. The average Bonchev–Trinajstić information content (AvgIpc) is 0.824. The summed E-state index contributed by atoms with van der Waals surface area (Å²) in [7, 11) is 0. The van der Waals surface area contributed by atoms with Crippen molar-refractivity contribution in [1.82, 2.24) is 30.1 Å². The zero-order valence-corrected chi connectivity index (χ0v) is 86.5. The van der Waals surface area contributed by atoms with E-state index >= 15 is 0 Å². The van der Waals surface area contributed by atoms with Gasteiger partial charge in [-0.3, -0.25) is 0 Å². The minimum Gasteiger partial charge on any atom is -0.406 e. The predicted molar refractivity (Wildman–Crippen MR) is 579 cm³/mol. The topological polar surface area (TPSA) is 157 Å². The summed E-state index contributed by atoms with van der Waals surface area (Å²) in [6.45, 7) is 35.4. The van der Waals surface area contributed by atoms with Gasteiger partial charge in [-0.15, -0.1) is 10.1 Å². The number of halogens is 12. The SMILES string of the molecule is Cc1ccc(N2CCN(c3cc(N4CCC(Nc5ccc(C)c(C(F)(F)F)c5)CC4)ccn3)CC2)cc1.Cc1ccc(N2CCN(c3cc(ON4CCC(Nc5ccc(C)c(C(F)(F)F)c5)CC4)ccn3)CC2)cc1.Cc1ccc(N2CCN(c3ccnc(N4CCC(Nc5ccc(C)c(C(F)(F)F)c5)CC4)c3)CC2)cc1.Cc1ccc(N2CCN(c3ccnc(ON4CCC(Nc5ccc(C)c(C(F)(F)F)c5)CC4)c3)CC2)cc1. The number of aryl methyl sites for hydroxylation is 8. The number of hydrogen-bond acceptors (Lipinski definition) is 22. The zero-order valence-electron chi connectivity index (χ0n) is 86.5. The highest BCUT2D eigenvalue weighted by molar-refractivity contribution is 5.63. The van der Waals surface area contributed by atoms with E-state index < -0.39 is 47.0 Å². The van der Waals surface area contributed by atoms with Gasteiger partial charge in [0, 0.05) is 299 Å². The highest BCUT2D eigenvalue weighted by atomic mass is 19.4. The molecule has 0 unspecified atom stereocenters. The summed E-state index contributed by atoms with van der Waals surface area (Å²) in [4.78, 5) is 54.2. The van der Waals surface area contributed by atoms with Crippen LogP contribution in [0.4, 0.5) is 133 Å². The summed E-state index contributed by atoms with van der Waals surface area (Å²) in [6.07, 6.45) is -3.58. The standard InChI is InChI=1S/2C29H34F3N5O.2C29H34F3N5/c1-21-3-7-25(8-4-21)35-15-17-36(18-16-35)28-20-26(9-12-33-28)38-37-13-10-23(11-14-37)34-24-6-5-22(2)27(19-24)29(30,31)32;1-21-3-7-25(8-4-21)35-15-17-36(18-16-35)26-9-12-33-28(20-26)38-37-13-10-23(11-14-37)34-24-6-5-22(2)27(19-24)29(30,31)32;1-21-3-7-25(8-4-21)35-15-17-36(18-16-35)26-9-12-33-28(20-26)37-13-10-23(11-14-37)34-24-6-5-22(2)27(19-24)29(30,31)32;1-21-3-7-25(8-4-21)36-15-17-37(18-16-36)28-20-26(9-12-33-28)35-13-10-23(11-14-35)34-24-6-5-22(2)27(19-24)29(30,31)32/h2*3-9,12,19-20,23,34H,10-11,13-18H2,1-2H3;2*3-9,12,19-20,23,34H,10-11,13-18H2,1-2H3. The first-order valence-electron chi connectivity index (χ1n) is 52.2. The molecule has 0 aliphatic carbocycles. The Labute approximate surface area is 872 Å². The van der Waals surface area contributed by atoms with Gasteiger partial charge in [-0.2, -0.15) is 52.7 Å². The van der Waals surface area contributed by atoms with E-state index in [-0.39, 0.29) is 46.4 Å². The molecule has 0 spiro atoms. The Hall–Kier alpha value is -13.8. The van der Waals surface area contributed by atoms with Crippen LogP contribution in [0.2, 0.25) is 0 Å². The van der Waals surface area contributed by atoms with Gasteiger partial charge in [-0.25, -0.2) is 19.9 Å². The van der Waals surface area contributed by atoms with Crippen molar-refractivity contribution in [3.8, 4) is 11.6 Å². The van der Waals surface area contributed by atoms with Gasteiger partial charge in [-0.1, -0.05) is 95.1 Å². The first-order valence-corrected chi connectivity index (χ1v) is 52.2. The largest absolute Gasteiger partial charge is 0.416 e. The van der Waals surface area contributed by atoms with Crippen LogP contribution in [-0.4, -0.2) is 211 Å². The van der Waals surface area contributed by atoms with Crippen molar-refractivity contribution in [3.05, 3.63) is 310 Å². The van der Waals surface area contributed by atoms with Crippen LogP contribution >= 0.6 is 0 Å². The monoisotopic (exact) mass is 2070 g/mol. The summed E-state index contributed by atoms with van der Waals surface area (Å²) in [6, 6.07) is 69.4. The minimum atomic E-state index is -4.35. The third-order valence-corrected chi connectivity index (χ3v) is 29.7. The fourth-order valence-corrected chi connectivity index (χ4v) is 20.7. The maximum atomic E-state index is 13.3. The van der Waals surface area contributed by atoms with Crippen molar-refractivity contribution in [2.24, 2.45) is 0 Å². The number of hydrogen-bond donors (Lipinski definition) is 4. The van der Waals surface area contributed by atoms with Crippen molar-refractivity contribution in [1.29, 1.82) is 0 Å². The number of hydroxylamine groups is 4. The number of piperazine rings is 4. The highest BCUT2D eigenvalue weighted by Gasteiger charge is 2.39. The second-order valence-electron chi connectivity index (χ2n) is 40.5. The smallest absolute Gasteiger partial charge is 0.406 e. The number of anilines is 14. The second-order valence-corrected chi connectivity index (χ2v) is 40.5. The number of benzene rings is 8. The molecule has 4 aromatic heterocycles. The van der Waals surface area contributed by atoms with E-state index in [0.29, 0.717) is 54.8 Å². The molecular formula is C116H136F12N20O2. The Morgan fingerprint density at radius 1 is 0.220 bits per heavy atom. The van der Waals surface area contributed by atoms with Gasteiger partial charge in [-0.05, 0) is 244 Å². The van der Waals surface area contributed by atoms with Crippen LogP contribution in [-0.2, 0) is 24.7 Å². The van der Waals surface area contributed by atoms with Crippen molar-refractivity contribution in [2.75, 3.05) is 227 Å². The van der Waals surface area contributed by atoms with E-state index in [1.807, 2.05) is 46.8 Å². The molecule has 0 atom stereocenters. The van der Waals surface area contributed by atoms with Crippen LogP contribution in [0.1, 0.15) is 118 Å². The van der Waals surface area contributed by atoms with Crippen LogP contribution in [0, 0.1) is 55.4 Å². The van der Waals surface area contributed by atoms with Crippen molar-refractivity contribution in [2.45, 2.75) is 156 Å². The van der Waals surface area contributed by atoms with E-state index in [9.17, 15) is 52.7 Å². The number of rotatable bonds is 22. The molecule has 8 saturated heterocycles. The predicted octanol–water partition coefficient (Wildman–Crippen LogP) is 24.1. The van der Waals surface area contributed by atoms with E-state index in [1.165, 1.54) is 121 Å². The third kappa shape index (κ3) is 29.1. The Morgan fingerprint density at radius 3 is 0.740 bits per heavy atom. The third-order valence-electron chi connectivity index (χ3n) is 29.7. The van der Waals surface area contributed by atoms with E-state index in [4.69, 9.17) is 9.68 Å². The molecule has 8 aliphatic rings. The molecule has 8 fully saturated rings. The molecule has 0 radical (unpaired) electrons. The molecule has 34 heteroatoms. The maximum Gasteiger partial charge on any atom is 0.416 e. The molecular weight excluding hydrogens is 1930 g/mol. The second kappa shape index (κ2) is 48.5. The molecule has 20 rings (SSSR count). The van der Waals surface area contributed by atoms with Gasteiger partial charge in [0.15, 0.2) is 5.75 Å². The molecule has 0 saturated carbocycles. The Bertz CT molecular complexity index is 5980. The number of nitrogens with one attached hydrogen (secondary N) is 4. The summed E-state index contributed by atoms with van der Waals surface area (Å²) < 4.78 is 159. The summed E-state index contributed by atoms with van der Waals surface area (Å²) >= 11 is 0. The molecule has 4 N–H and O–H groups in total. The van der Waals surface area contributed by atoms with Gasteiger partial charge in [0.25, 0.3) is 0 Å². The van der Waals surface area contributed by atoms with Crippen LogP contribution in [0.15, 0.2) is 243 Å². The zero-order chi connectivity index (χ0) is 105. The number of nitrogens with zero attached hydrogens (tertiary/aromatic N) is 16. The van der Waals surface area contributed by atoms with Gasteiger partial charge >= 0.3 is 24.7 Å². The van der Waals surface area contributed by atoms with Gasteiger partial charge in [0.05, 0.1) is 22.3 Å². The van der Waals surface area contributed by atoms with Crippen molar-refractivity contribution >= 4 is 80.0 Å². The molecule has 0 bridgehead atoms. The quantitative estimate of drug-likeness (QED) is 0.0475. The first kappa shape index (κ1) is 108. The lowest BCUT2D eigenvalue weighted by Gasteiger charge is -2.38. The van der Waals surface area contributed by atoms with Gasteiger partial charge in [0.1, 0.15) is 17.5 Å². The fraction of sp³-hybridized carbons (Fsp3) is 0.414. The Balaban J connectivity index is 0.000000136. The summed E-state index contributed by atoms with van der Waals surface area (Å²) in [5, 5.41) is 17.0. The van der Waals surface area contributed by atoms with E-state index in [2.05, 4.69) is 239 Å². The fourth-order valence-electron chi connectivity index (χ4n) is 20.7. The van der Waals surface area contributed by atoms with Crippen LogP contribution in [0.25, 0.3) is 0 Å². The highest BCUT2D eigenvalue weighted by Crippen LogP contribution is 2.41. The summed E-state index contributed by atoms with van der Waals surface area (Å²) in [5.74, 6) is 4.17. The minimum absolute atomic E-state index is 0.0859. The van der Waals surface area contributed by atoms with Crippen LogP contribution in [0.5, 0.6) is 11.6 Å². The first-order chi connectivity index (χ1) is 72.0. The van der Waals surface area contributed by atoms with Crippen molar-refractivity contribution < 1.29 is 62.4 Å². The maximum absolute atomic E-state index is 13.3. The summed E-state index contributed by atoms with van der Waals surface area (Å²) in [5.41, 5.74) is 14.3. The number of pyridine rings is 4. The molecule has 150 heavy (non-hydrogen) atoms. The molecule has 0 amide bonds. The number of aromatic nitrogens is 4. The Morgan fingerprint density at radius 2 is 0.447 bits per heavy atom. The molecule has 796 valence electrons. The Kier molecular flexibility index (Phi) is 34.7. The van der Waals surface area contributed by atoms with E-state index in [1.54, 1.807) is 42.7 Å². The lowest BCUT2D eigenvalue weighted by atomic mass is 10.0. The lowest BCUT2D eigenvalue weighted by molar-refractivity contribution is -0.138. The van der Waals surface area contributed by atoms with Crippen molar-refractivity contribution in [3.63, 3.8) is 0 Å². The van der Waals surface area contributed by atoms with Crippen LogP contribution in [0.3, 0.4) is 0 Å². The average molecular weight is 2070 g/mol. The molecule has 8 aromatic carbocycles.